The zero-order chi connectivity index (χ0) is 12.4. The van der Waals surface area contributed by atoms with Crippen molar-refractivity contribution in [2.24, 2.45) is 10.4 Å². The Balaban J connectivity index is 2.46. The summed E-state index contributed by atoms with van der Waals surface area (Å²) in [5.41, 5.74) is -1.55. The molecule has 0 aromatic heterocycles. The van der Waals surface area contributed by atoms with Crippen LogP contribution in [0.4, 0.5) is 0 Å². The van der Waals surface area contributed by atoms with Gasteiger partial charge in [-0.1, -0.05) is 24.6 Å². The predicted molar refractivity (Wildman–Crippen MR) is 67.0 cm³/mol. The summed E-state index contributed by atoms with van der Waals surface area (Å²) in [5, 5.41) is 0. The number of hydrogen-bond acceptors (Lipinski definition) is 4. The van der Waals surface area contributed by atoms with E-state index in [4.69, 9.17) is 0 Å². The van der Waals surface area contributed by atoms with E-state index in [0.717, 1.165) is 12.7 Å². The van der Waals surface area contributed by atoms with Crippen LogP contribution in [0.1, 0.15) is 19.3 Å². The number of carbonyl (C=O) groups is 1. The van der Waals surface area contributed by atoms with E-state index in [0.29, 0.717) is 12.8 Å². The van der Waals surface area contributed by atoms with Gasteiger partial charge in [0.05, 0.1) is 11.2 Å². The summed E-state index contributed by atoms with van der Waals surface area (Å²) in [6.07, 6.45) is 11.9. The van der Waals surface area contributed by atoms with Gasteiger partial charge in [0, 0.05) is 6.21 Å². The maximum Gasteiger partial charge on any atom is 0.142 e. The van der Waals surface area contributed by atoms with E-state index in [1.54, 1.807) is 30.5 Å². The summed E-state index contributed by atoms with van der Waals surface area (Å²) < 4.78 is 22.2. The van der Waals surface area contributed by atoms with Gasteiger partial charge < -0.3 is 4.79 Å². The molecule has 0 bridgehead atoms. The lowest BCUT2D eigenvalue weighted by Crippen LogP contribution is -2.54. The number of aliphatic imine (C=N–C) groups is 1. The van der Waals surface area contributed by atoms with Crippen molar-refractivity contribution in [1.29, 1.82) is 0 Å². The standard InChI is InChI=1S/C12H15NO3S/c14-9-11(5-4-6-11)12(10-17(15)16)7-2-1-3-8-13-12/h1-3,7-9,17H,4-6,10H2. The molecular weight excluding hydrogens is 238 g/mol. The van der Waals surface area contributed by atoms with E-state index in [-0.39, 0.29) is 5.75 Å². The van der Waals surface area contributed by atoms with Crippen molar-refractivity contribution in [3.63, 3.8) is 0 Å². The van der Waals surface area contributed by atoms with E-state index < -0.39 is 21.7 Å². The molecule has 1 unspecified atom stereocenters. The number of carbonyl (C=O) groups excluding carboxylic acids is 1. The summed E-state index contributed by atoms with van der Waals surface area (Å²) >= 11 is 0. The number of thiol groups is 1. The topological polar surface area (TPSA) is 63.6 Å². The minimum absolute atomic E-state index is 0.101. The number of allylic oxidation sites excluding steroid dienone is 3. The molecule has 4 nitrogen and oxygen atoms in total. The summed E-state index contributed by atoms with van der Waals surface area (Å²) in [4.78, 5) is 15.7. The largest absolute Gasteiger partial charge is 0.303 e. The van der Waals surface area contributed by atoms with Crippen molar-refractivity contribution in [3.8, 4) is 0 Å². The lowest BCUT2D eigenvalue weighted by Gasteiger charge is -2.48. The Labute approximate surface area is 102 Å². The monoisotopic (exact) mass is 253 g/mol. The van der Waals surface area contributed by atoms with E-state index in [9.17, 15) is 13.2 Å². The van der Waals surface area contributed by atoms with Crippen LogP contribution in [0.2, 0.25) is 0 Å². The first-order valence-electron chi connectivity index (χ1n) is 5.62. The highest BCUT2D eigenvalue weighted by Crippen LogP contribution is 2.50. The molecule has 92 valence electrons. The van der Waals surface area contributed by atoms with Crippen LogP contribution in [0.25, 0.3) is 0 Å². The molecule has 0 aromatic rings. The lowest BCUT2D eigenvalue weighted by molar-refractivity contribution is -0.123. The zero-order valence-corrected chi connectivity index (χ0v) is 10.3. The van der Waals surface area contributed by atoms with Crippen molar-refractivity contribution in [2.75, 3.05) is 5.75 Å². The Bertz CT molecular complexity index is 446. The van der Waals surface area contributed by atoms with Crippen LogP contribution in [0, 0.1) is 5.41 Å². The molecule has 2 aliphatic rings. The fourth-order valence-electron chi connectivity index (χ4n) is 2.50. The van der Waals surface area contributed by atoms with Crippen LogP contribution in [0.3, 0.4) is 0 Å². The highest BCUT2D eigenvalue weighted by Gasteiger charge is 2.54. The average molecular weight is 253 g/mol. The van der Waals surface area contributed by atoms with Crippen LogP contribution < -0.4 is 0 Å². The van der Waals surface area contributed by atoms with Crippen molar-refractivity contribution in [2.45, 2.75) is 24.8 Å². The number of rotatable bonds is 4. The smallest absolute Gasteiger partial charge is 0.142 e. The second kappa shape index (κ2) is 4.56. The molecule has 1 heterocycles. The van der Waals surface area contributed by atoms with Gasteiger partial charge in [-0.25, -0.2) is 8.42 Å². The maximum absolute atomic E-state index is 11.4. The molecule has 0 N–H and O–H groups in total. The fraction of sp³-hybridized carbons (Fsp3) is 0.500. The Morgan fingerprint density at radius 1 is 1.24 bits per heavy atom. The number of nitrogens with zero attached hydrogens (tertiary/aromatic N) is 1. The first-order valence-corrected chi connectivity index (χ1v) is 6.98. The Morgan fingerprint density at radius 3 is 2.53 bits per heavy atom. The molecule has 0 saturated heterocycles. The summed E-state index contributed by atoms with van der Waals surface area (Å²) in [5.74, 6) is -0.101. The first kappa shape index (κ1) is 12.2. The number of hydrogen-bond donors (Lipinski definition) is 1. The van der Waals surface area contributed by atoms with Crippen LogP contribution in [-0.4, -0.2) is 32.2 Å². The highest BCUT2D eigenvalue weighted by molar-refractivity contribution is 7.72. The second-order valence-electron chi connectivity index (χ2n) is 4.56. The predicted octanol–water partition coefficient (Wildman–Crippen LogP) is 0.903. The molecule has 1 atom stereocenters. The third kappa shape index (κ3) is 1.99. The Hall–Kier alpha value is -1.23. The number of aldehydes is 1. The molecule has 2 rings (SSSR count). The molecule has 1 fully saturated rings. The van der Waals surface area contributed by atoms with Crippen molar-refractivity contribution < 1.29 is 13.2 Å². The average Bonchev–Trinajstić information content (AvgIpc) is 2.42. The van der Waals surface area contributed by atoms with Gasteiger partial charge in [0.15, 0.2) is 0 Å². The first-order chi connectivity index (χ1) is 8.14. The normalized spacial score (nSPS) is 29.9. The van der Waals surface area contributed by atoms with Gasteiger partial charge in [-0.2, -0.15) is 0 Å². The fourth-order valence-corrected chi connectivity index (χ4v) is 3.40. The van der Waals surface area contributed by atoms with Crippen molar-refractivity contribution in [3.05, 3.63) is 24.3 Å². The van der Waals surface area contributed by atoms with Crippen LogP contribution >= 0.6 is 0 Å². The zero-order valence-electron chi connectivity index (χ0n) is 9.41. The van der Waals surface area contributed by atoms with Crippen molar-refractivity contribution in [1.82, 2.24) is 0 Å². The quantitative estimate of drug-likeness (QED) is 0.598. The molecular formula is C12H15NO3S. The second-order valence-corrected chi connectivity index (χ2v) is 5.55. The van der Waals surface area contributed by atoms with Gasteiger partial charge >= 0.3 is 0 Å². The molecule has 17 heavy (non-hydrogen) atoms. The molecule has 1 saturated carbocycles. The molecule has 0 amide bonds. The molecule has 5 heteroatoms. The summed E-state index contributed by atoms with van der Waals surface area (Å²) in [7, 11) is -2.58. The third-order valence-corrected chi connectivity index (χ3v) is 4.43. The van der Waals surface area contributed by atoms with Gasteiger partial charge in [-0.15, -0.1) is 0 Å². The summed E-state index contributed by atoms with van der Waals surface area (Å²) in [6.45, 7) is 0. The minimum atomic E-state index is -2.58. The summed E-state index contributed by atoms with van der Waals surface area (Å²) in [6, 6.07) is 0. The van der Waals surface area contributed by atoms with Gasteiger partial charge in [0.2, 0.25) is 0 Å². The molecule has 1 aliphatic carbocycles. The van der Waals surface area contributed by atoms with Gasteiger partial charge in [-0.3, -0.25) is 4.99 Å². The van der Waals surface area contributed by atoms with Crippen LogP contribution in [-0.2, 0) is 15.5 Å². The van der Waals surface area contributed by atoms with Gasteiger partial charge in [-0.05, 0) is 18.9 Å². The minimum Gasteiger partial charge on any atom is -0.303 e. The van der Waals surface area contributed by atoms with E-state index >= 15 is 0 Å². The van der Waals surface area contributed by atoms with E-state index in [2.05, 4.69) is 4.99 Å². The molecule has 1 aliphatic heterocycles. The van der Waals surface area contributed by atoms with E-state index in [1.165, 1.54) is 0 Å². The maximum atomic E-state index is 11.4. The Kier molecular flexibility index (Phi) is 3.28. The molecule has 0 aromatic carbocycles. The Morgan fingerprint density at radius 2 is 2.00 bits per heavy atom. The van der Waals surface area contributed by atoms with Crippen LogP contribution in [0.5, 0.6) is 0 Å². The molecule has 0 radical (unpaired) electrons. The van der Waals surface area contributed by atoms with E-state index in [1.807, 2.05) is 0 Å². The highest BCUT2D eigenvalue weighted by atomic mass is 32.2. The third-order valence-electron chi connectivity index (χ3n) is 3.69. The van der Waals surface area contributed by atoms with Crippen LogP contribution in [0.15, 0.2) is 29.3 Å². The SMILES string of the molecule is O=CC1(C2(C[SH](=O)=O)C=CC=CC=N2)CCC1. The lowest BCUT2D eigenvalue weighted by atomic mass is 9.58. The van der Waals surface area contributed by atoms with Gasteiger partial charge in [0.1, 0.15) is 22.5 Å². The molecule has 0 spiro atoms. The van der Waals surface area contributed by atoms with Crippen molar-refractivity contribution >= 4 is 23.2 Å². The van der Waals surface area contributed by atoms with Gasteiger partial charge in [0.25, 0.3) is 0 Å².